The molecule has 0 radical (unpaired) electrons. The molecule has 2 aromatic heterocycles. The molecular formula is C29H33F2N7O3. The van der Waals surface area contributed by atoms with Crippen molar-refractivity contribution in [3.05, 3.63) is 65.1 Å². The summed E-state index contributed by atoms with van der Waals surface area (Å²) in [6, 6.07) is 8.06. The first kappa shape index (κ1) is 28.2. The summed E-state index contributed by atoms with van der Waals surface area (Å²) in [5.74, 6) is -2.53. The van der Waals surface area contributed by atoms with Crippen molar-refractivity contribution >= 4 is 34.0 Å². The maximum Gasteiger partial charge on any atom is 0.262 e. The zero-order valence-corrected chi connectivity index (χ0v) is 23.5. The smallest absolute Gasteiger partial charge is 0.262 e. The Morgan fingerprint density at radius 2 is 1.93 bits per heavy atom. The number of fused-ring (bicyclic) bond motifs is 1. The van der Waals surface area contributed by atoms with Crippen LogP contribution < -0.4 is 15.0 Å². The number of aryl methyl sites for hydroxylation is 1. The largest absolute Gasteiger partial charge is 0.435 e. The summed E-state index contributed by atoms with van der Waals surface area (Å²) < 4.78 is 35.9. The number of ether oxygens (including phenoxy) is 1. The molecule has 0 spiro atoms. The molecule has 0 aliphatic carbocycles. The maximum absolute atomic E-state index is 15.4. The second kappa shape index (κ2) is 11.7. The van der Waals surface area contributed by atoms with E-state index in [0.29, 0.717) is 23.5 Å². The topological polar surface area (TPSA) is 110 Å². The van der Waals surface area contributed by atoms with Crippen LogP contribution in [0.25, 0.3) is 10.9 Å². The van der Waals surface area contributed by atoms with E-state index in [0.717, 1.165) is 37.9 Å². The second-order valence-electron chi connectivity index (χ2n) is 10.2. The Hall–Kier alpha value is -4.29. The summed E-state index contributed by atoms with van der Waals surface area (Å²) in [5, 5.41) is 13.3. The molecule has 1 saturated heterocycles. The number of aromatic nitrogens is 3. The lowest BCUT2D eigenvalue weighted by molar-refractivity contribution is 0.0799. The van der Waals surface area contributed by atoms with Crippen LogP contribution in [0.15, 0.2) is 36.7 Å². The highest BCUT2D eigenvalue weighted by molar-refractivity contribution is 6.01. The average Bonchev–Trinajstić information content (AvgIpc) is 3.38. The van der Waals surface area contributed by atoms with E-state index in [-0.39, 0.29) is 34.8 Å². The van der Waals surface area contributed by atoms with Crippen LogP contribution >= 0.6 is 0 Å². The molecule has 0 saturated carbocycles. The molecule has 12 heteroatoms. The number of piperazine rings is 1. The molecule has 0 unspecified atom stereocenters. The third-order valence-corrected chi connectivity index (χ3v) is 7.34. The van der Waals surface area contributed by atoms with Gasteiger partial charge in [-0.05, 0) is 45.2 Å². The molecule has 0 atom stereocenters. The number of H-pyrrole nitrogens is 1. The standard InChI is InChI=1S/C29H33F2N7O3/c1-5-37(4)29(40)24-27(35-22-7-6-19(13-18(22)15-39)38-10-8-36(3)9-11-38)32-16-33-28(24)41-23-14-21(30)26-20(25(23)31)12-17(2)34-26/h6-7,12-14,16,34,39H,5,8-11,15H2,1-4H3,(H,32,33,35). The molecule has 4 aromatic rings. The minimum Gasteiger partial charge on any atom is -0.435 e. The monoisotopic (exact) mass is 565 g/mol. The van der Waals surface area contributed by atoms with Gasteiger partial charge in [-0.3, -0.25) is 4.79 Å². The van der Waals surface area contributed by atoms with Crippen LogP contribution in [-0.2, 0) is 6.61 Å². The lowest BCUT2D eigenvalue weighted by Crippen LogP contribution is -2.44. The Labute approximate surface area is 236 Å². The Kier molecular flexibility index (Phi) is 8.04. The molecule has 0 bridgehead atoms. The van der Waals surface area contributed by atoms with Crippen LogP contribution in [0.3, 0.4) is 0 Å². The van der Waals surface area contributed by atoms with Crippen molar-refractivity contribution in [3.8, 4) is 11.6 Å². The van der Waals surface area contributed by atoms with Crippen LogP contribution in [0.2, 0.25) is 0 Å². The van der Waals surface area contributed by atoms with Crippen molar-refractivity contribution in [2.45, 2.75) is 20.5 Å². The van der Waals surface area contributed by atoms with E-state index in [4.69, 9.17) is 4.74 Å². The molecule has 2 aromatic carbocycles. The lowest BCUT2D eigenvalue weighted by atomic mass is 10.1. The van der Waals surface area contributed by atoms with Crippen molar-refractivity contribution in [1.82, 2.24) is 24.8 Å². The molecular weight excluding hydrogens is 532 g/mol. The highest BCUT2D eigenvalue weighted by Gasteiger charge is 2.26. The number of nitrogens with one attached hydrogen (secondary N) is 2. The van der Waals surface area contributed by atoms with Gasteiger partial charge in [-0.1, -0.05) is 0 Å². The molecule has 1 aliphatic rings. The van der Waals surface area contributed by atoms with Gasteiger partial charge in [-0.25, -0.2) is 18.7 Å². The van der Waals surface area contributed by atoms with Crippen LogP contribution in [0.5, 0.6) is 11.6 Å². The second-order valence-corrected chi connectivity index (χ2v) is 10.2. The molecule has 10 nitrogen and oxygen atoms in total. The molecule has 3 heterocycles. The number of hydrogen-bond acceptors (Lipinski definition) is 8. The van der Waals surface area contributed by atoms with Gasteiger partial charge in [0.15, 0.2) is 23.2 Å². The Morgan fingerprint density at radius 1 is 1.17 bits per heavy atom. The lowest BCUT2D eigenvalue weighted by Gasteiger charge is -2.34. The number of carbonyl (C=O) groups is 1. The van der Waals surface area contributed by atoms with E-state index in [2.05, 4.69) is 37.1 Å². The van der Waals surface area contributed by atoms with E-state index >= 15 is 4.39 Å². The highest BCUT2D eigenvalue weighted by Crippen LogP contribution is 2.36. The predicted octanol–water partition coefficient (Wildman–Crippen LogP) is 4.42. The first-order valence-corrected chi connectivity index (χ1v) is 13.4. The van der Waals surface area contributed by atoms with Crippen molar-refractivity contribution < 1.29 is 23.4 Å². The maximum atomic E-state index is 15.4. The number of hydrogen-bond donors (Lipinski definition) is 3. The van der Waals surface area contributed by atoms with Crippen LogP contribution in [-0.4, -0.2) is 82.6 Å². The van der Waals surface area contributed by atoms with Gasteiger partial charge in [0.2, 0.25) is 5.88 Å². The molecule has 216 valence electrons. The number of halogens is 2. The van der Waals surface area contributed by atoms with Gasteiger partial charge in [0.05, 0.1) is 12.1 Å². The van der Waals surface area contributed by atoms with E-state index in [1.165, 1.54) is 17.3 Å². The van der Waals surface area contributed by atoms with E-state index in [1.54, 1.807) is 20.9 Å². The minimum absolute atomic E-state index is 0.0240. The summed E-state index contributed by atoms with van der Waals surface area (Å²) in [6.45, 7) is 7.22. The number of aliphatic hydroxyl groups excluding tert-OH is 1. The quantitative estimate of drug-likeness (QED) is 0.288. The predicted molar refractivity (Wildman–Crippen MR) is 153 cm³/mol. The first-order valence-electron chi connectivity index (χ1n) is 13.4. The summed E-state index contributed by atoms with van der Waals surface area (Å²) in [5.41, 5.74) is 2.66. The number of nitrogens with zero attached hydrogens (tertiary/aromatic N) is 5. The van der Waals surface area contributed by atoms with Crippen molar-refractivity contribution in [2.75, 3.05) is 57.0 Å². The van der Waals surface area contributed by atoms with E-state index in [1.807, 2.05) is 18.2 Å². The fraction of sp³-hybridized carbons (Fsp3) is 0.345. The SMILES string of the molecule is CCN(C)C(=O)c1c(Nc2ccc(N3CCN(C)CC3)cc2CO)ncnc1Oc1cc(F)c2[nH]c(C)cc2c1F. The normalized spacial score (nSPS) is 14.0. The van der Waals surface area contributed by atoms with Crippen LogP contribution in [0.4, 0.5) is 26.0 Å². The number of aromatic amines is 1. The number of amides is 1. The Balaban J connectivity index is 1.53. The Morgan fingerprint density at radius 3 is 2.63 bits per heavy atom. The number of rotatable bonds is 8. The molecule has 1 fully saturated rings. The molecule has 3 N–H and O–H groups in total. The van der Waals surface area contributed by atoms with Gasteiger partial charge in [-0.15, -0.1) is 0 Å². The number of likely N-dealkylation sites (N-methyl/N-ethyl adjacent to an activating group) is 1. The first-order chi connectivity index (χ1) is 19.7. The third kappa shape index (κ3) is 5.66. The van der Waals surface area contributed by atoms with Crippen LogP contribution in [0.1, 0.15) is 28.5 Å². The summed E-state index contributed by atoms with van der Waals surface area (Å²) in [6.07, 6.45) is 1.17. The molecule has 1 aliphatic heterocycles. The third-order valence-electron chi connectivity index (χ3n) is 7.34. The number of aliphatic hydroxyl groups is 1. The zero-order valence-electron chi connectivity index (χ0n) is 23.5. The Bertz CT molecular complexity index is 1580. The molecule has 1 amide bonds. The van der Waals surface area contributed by atoms with Crippen molar-refractivity contribution in [1.29, 1.82) is 0 Å². The minimum atomic E-state index is -0.789. The van der Waals surface area contributed by atoms with Gasteiger partial charge in [0, 0.05) is 73.9 Å². The van der Waals surface area contributed by atoms with Crippen LogP contribution in [0, 0.1) is 18.6 Å². The van der Waals surface area contributed by atoms with Gasteiger partial charge in [-0.2, -0.15) is 0 Å². The number of anilines is 3. The zero-order chi connectivity index (χ0) is 29.3. The fourth-order valence-corrected chi connectivity index (χ4v) is 4.80. The summed E-state index contributed by atoms with van der Waals surface area (Å²) >= 11 is 0. The number of benzene rings is 2. The van der Waals surface area contributed by atoms with E-state index < -0.39 is 23.3 Å². The molecule has 5 rings (SSSR count). The highest BCUT2D eigenvalue weighted by atomic mass is 19.1. The van der Waals surface area contributed by atoms with Gasteiger partial charge >= 0.3 is 0 Å². The summed E-state index contributed by atoms with van der Waals surface area (Å²) in [4.78, 5) is 30.6. The van der Waals surface area contributed by atoms with Gasteiger partial charge < -0.3 is 34.8 Å². The number of carbonyl (C=O) groups excluding carboxylic acids is 1. The average molecular weight is 566 g/mol. The van der Waals surface area contributed by atoms with E-state index in [9.17, 15) is 14.3 Å². The molecule has 41 heavy (non-hydrogen) atoms. The fourth-order valence-electron chi connectivity index (χ4n) is 4.80. The van der Waals surface area contributed by atoms with Crippen molar-refractivity contribution in [3.63, 3.8) is 0 Å². The van der Waals surface area contributed by atoms with Gasteiger partial charge in [0.25, 0.3) is 5.91 Å². The van der Waals surface area contributed by atoms with Crippen molar-refractivity contribution in [2.24, 2.45) is 0 Å². The summed E-state index contributed by atoms with van der Waals surface area (Å²) in [7, 11) is 3.68. The van der Waals surface area contributed by atoms with Gasteiger partial charge in [0.1, 0.15) is 11.9 Å².